The van der Waals surface area contributed by atoms with Gasteiger partial charge < -0.3 is 14.2 Å². The second-order valence-corrected chi connectivity index (χ2v) is 8.83. The largest absolute Gasteiger partial charge is 0.493 e. The summed E-state index contributed by atoms with van der Waals surface area (Å²) in [4.78, 5) is 0.227. The summed E-state index contributed by atoms with van der Waals surface area (Å²) in [6, 6.07) is 21.8. The van der Waals surface area contributed by atoms with Crippen molar-refractivity contribution in [2.75, 3.05) is 20.8 Å². The molecule has 0 aliphatic rings. The van der Waals surface area contributed by atoms with E-state index in [1.54, 1.807) is 38.5 Å². The molecule has 164 valence electrons. The van der Waals surface area contributed by atoms with Crippen molar-refractivity contribution in [2.24, 2.45) is 0 Å². The number of rotatable bonds is 10. The first kappa shape index (κ1) is 22.8. The predicted molar refractivity (Wildman–Crippen MR) is 120 cm³/mol. The molecule has 0 spiro atoms. The smallest absolute Gasteiger partial charge is 0.240 e. The van der Waals surface area contributed by atoms with Crippen LogP contribution in [-0.4, -0.2) is 29.2 Å². The molecule has 0 amide bonds. The van der Waals surface area contributed by atoms with Crippen molar-refractivity contribution in [2.45, 2.75) is 24.5 Å². The normalized spacial score (nSPS) is 12.4. The molecule has 0 bridgehead atoms. The number of hydrogen-bond donors (Lipinski definition) is 1. The highest BCUT2D eigenvalue weighted by atomic mass is 32.2. The van der Waals surface area contributed by atoms with E-state index >= 15 is 0 Å². The van der Waals surface area contributed by atoms with Crippen molar-refractivity contribution in [1.29, 1.82) is 0 Å². The van der Waals surface area contributed by atoms with Crippen LogP contribution in [0, 0.1) is 6.92 Å². The molecule has 0 saturated heterocycles. The van der Waals surface area contributed by atoms with Gasteiger partial charge in [-0.2, -0.15) is 0 Å². The van der Waals surface area contributed by atoms with Gasteiger partial charge in [0.15, 0.2) is 11.5 Å². The Morgan fingerprint density at radius 3 is 2.19 bits per heavy atom. The zero-order valence-electron chi connectivity index (χ0n) is 17.9. The van der Waals surface area contributed by atoms with Crippen LogP contribution in [0.5, 0.6) is 11.5 Å². The number of nitrogens with one attached hydrogen (secondary N) is 1. The Morgan fingerprint density at radius 1 is 0.871 bits per heavy atom. The number of hydrogen-bond acceptors (Lipinski definition) is 5. The minimum Gasteiger partial charge on any atom is -0.493 e. The fraction of sp³-hybridized carbons (Fsp3) is 0.250. The monoisotopic (exact) mass is 441 g/mol. The van der Waals surface area contributed by atoms with Crippen molar-refractivity contribution in [3.8, 4) is 11.5 Å². The van der Waals surface area contributed by atoms with Crippen molar-refractivity contribution >= 4 is 10.0 Å². The van der Waals surface area contributed by atoms with Gasteiger partial charge in [-0.3, -0.25) is 0 Å². The van der Waals surface area contributed by atoms with Crippen LogP contribution in [0.15, 0.2) is 77.7 Å². The summed E-state index contributed by atoms with van der Waals surface area (Å²) in [6.07, 6.45) is -0.463. The number of sulfonamides is 1. The average Bonchev–Trinajstić information content (AvgIpc) is 2.79. The van der Waals surface area contributed by atoms with E-state index in [1.165, 1.54) is 0 Å². The van der Waals surface area contributed by atoms with E-state index in [0.29, 0.717) is 11.5 Å². The maximum atomic E-state index is 12.7. The van der Waals surface area contributed by atoms with Crippen molar-refractivity contribution < 1.29 is 22.6 Å². The summed E-state index contributed by atoms with van der Waals surface area (Å²) in [5.74, 6) is 1.25. The van der Waals surface area contributed by atoms with E-state index in [2.05, 4.69) is 4.72 Å². The number of methoxy groups -OCH3 is 2. The minimum absolute atomic E-state index is 0.105. The van der Waals surface area contributed by atoms with Gasteiger partial charge in [-0.25, -0.2) is 13.1 Å². The van der Waals surface area contributed by atoms with Crippen LogP contribution in [0.4, 0.5) is 0 Å². The number of aryl methyl sites for hydroxylation is 1. The van der Waals surface area contributed by atoms with Crippen LogP contribution in [-0.2, 0) is 21.4 Å². The summed E-state index contributed by atoms with van der Waals surface area (Å²) < 4.78 is 44.8. The molecule has 31 heavy (non-hydrogen) atoms. The highest BCUT2D eigenvalue weighted by molar-refractivity contribution is 7.89. The van der Waals surface area contributed by atoms with E-state index in [4.69, 9.17) is 14.2 Å². The zero-order chi connectivity index (χ0) is 22.3. The molecule has 0 fully saturated rings. The first-order valence-corrected chi connectivity index (χ1v) is 11.3. The average molecular weight is 442 g/mol. The van der Waals surface area contributed by atoms with E-state index in [0.717, 1.165) is 16.7 Å². The van der Waals surface area contributed by atoms with Gasteiger partial charge in [0.05, 0.1) is 31.8 Å². The molecule has 3 aromatic rings. The third-order valence-corrected chi connectivity index (χ3v) is 6.30. The molecule has 1 unspecified atom stereocenters. The second kappa shape index (κ2) is 10.4. The van der Waals surface area contributed by atoms with Gasteiger partial charge in [0.25, 0.3) is 0 Å². The Labute approximate surface area is 183 Å². The van der Waals surface area contributed by atoms with Crippen molar-refractivity contribution in [1.82, 2.24) is 4.72 Å². The first-order chi connectivity index (χ1) is 14.9. The van der Waals surface area contributed by atoms with Gasteiger partial charge in [-0.1, -0.05) is 54.1 Å². The van der Waals surface area contributed by atoms with Crippen LogP contribution in [0.1, 0.15) is 22.8 Å². The van der Waals surface area contributed by atoms with Gasteiger partial charge in [0.2, 0.25) is 10.0 Å². The molecule has 0 aliphatic carbocycles. The van der Waals surface area contributed by atoms with Crippen molar-refractivity contribution in [3.05, 3.63) is 89.5 Å². The maximum Gasteiger partial charge on any atom is 0.240 e. The zero-order valence-corrected chi connectivity index (χ0v) is 18.7. The molecule has 0 saturated carbocycles. The summed E-state index contributed by atoms with van der Waals surface area (Å²) in [5, 5.41) is 0. The summed E-state index contributed by atoms with van der Waals surface area (Å²) >= 11 is 0. The lowest BCUT2D eigenvalue weighted by Crippen LogP contribution is -2.29. The predicted octanol–water partition coefficient (Wildman–Crippen LogP) is 4.25. The standard InChI is InChI=1S/C24H27NO5S/c1-18-9-12-21(13-10-18)31(26,27)25-16-24(20-7-5-4-6-8-20)30-17-19-11-14-22(28-2)23(15-19)29-3/h4-15,24-25H,16-17H2,1-3H3. The molecule has 1 atom stereocenters. The van der Waals surface area contributed by atoms with Crippen LogP contribution < -0.4 is 14.2 Å². The highest BCUT2D eigenvalue weighted by Gasteiger charge is 2.19. The molecule has 0 radical (unpaired) electrons. The molecule has 1 N–H and O–H groups in total. The SMILES string of the molecule is COc1ccc(COC(CNS(=O)(=O)c2ccc(C)cc2)c2ccccc2)cc1OC. The quantitative estimate of drug-likeness (QED) is 0.509. The maximum absolute atomic E-state index is 12.7. The van der Waals surface area contributed by atoms with Gasteiger partial charge >= 0.3 is 0 Å². The third-order valence-electron chi connectivity index (χ3n) is 4.86. The fourth-order valence-electron chi connectivity index (χ4n) is 3.09. The Hall–Kier alpha value is -2.87. The topological polar surface area (TPSA) is 73.9 Å². The van der Waals surface area contributed by atoms with Crippen LogP contribution in [0.3, 0.4) is 0 Å². The van der Waals surface area contributed by atoms with E-state index in [-0.39, 0.29) is 18.0 Å². The van der Waals surface area contributed by atoms with E-state index in [1.807, 2.05) is 55.5 Å². The van der Waals surface area contributed by atoms with Crippen LogP contribution >= 0.6 is 0 Å². The van der Waals surface area contributed by atoms with Gasteiger partial charge in [0.1, 0.15) is 0 Å². The van der Waals surface area contributed by atoms with Crippen molar-refractivity contribution in [3.63, 3.8) is 0 Å². The van der Waals surface area contributed by atoms with Gasteiger partial charge in [0, 0.05) is 6.54 Å². The molecular formula is C24H27NO5S. The lowest BCUT2D eigenvalue weighted by atomic mass is 10.1. The third kappa shape index (κ3) is 6.07. The van der Waals surface area contributed by atoms with Crippen LogP contribution in [0.25, 0.3) is 0 Å². The summed E-state index contributed by atoms with van der Waals surface area (Å²) in [7, 11) is -0.488. The van der Waals surface area contributed by atoms with E-state index < -0.39 is 16.1 Å². The molecule has 3 rings (SSSR count). The molecular weight excluding hydrogens is 414 g/mol. The Kier molecular flexibility index (Phi) is 7.68. The Morgan fingerprint density at radius 2 is 1.55 bits per heavy atom. The molecule has 7 heteroatoms. The molecule has 6 nitrogen and oxygen atoms in total. The molecule has 0 heterocycles. The van der Waals surface area contributed by atoms with Gasteiger partial charge in [-0.05, 0) is 42.3 Å². The first-order valence-electron chi connectivity index (χ1n) is 9.86. The Balaban J connectivity index is 1.74. The lowest BCUT2D eigenvalue weighted by molar-refractivity contribution is 0.0431. The summed E-state index contributed by atoms with van der Waals surface area (Å²) in [6.45, 7) is 2.30. The van der Waals surface area contributed by atoms with E-state index in [9.17, 15) is 8.42 Å². The second-order valence-electron chi connectivity index (χ2n) is 7.06. The highest BCUT2D eigenvalue weighted by Crippen LogP contribution is 2.29. The molecule has 0 aromatic heterocycles. The molecule has 3 aromatic carbocycles. The Bertz CT molecular complexity index is 1080. The fourth-order valence-corrected chi connectivity index (χ4v) is 4.13. The summed E-state index contributed by atoms with van der Waals surface area (Å²) in [5.41, 5.74) is 2.77. The number of ether oxygens (including phenoxy) is 3. The van der Waals surface area contributed by atoms with Crippen LogP contribution in [0.2, 0.25) is 0 Å². The molecule has 0 aliphatic heterocycles. The number of benzene rings is 3. The minimum atomic E-state index is -3.65. The van der Waals surface area contributed by atoms with Gasteiger partial charge in [-0.15, -0.1) is 0 Å². The lowest BCUT2D eigenvalue weighted by Gasteiger charge is -2.20.